The van der Waals surface area contributed by atoms with E-state index >= 15 is 0 Å². The van der Waals surface area contributed by atoms with Crippen molar-refractivity contribution in [2.75, 3.05) is 13.6 Å². The second-order valence-electron chi connectivity index (χ2n) is 5.15. The molecular formula is C14H23NO2S. The van der Waals surface area contributed by atoms with Crippen LogP contribution in [0.1, 0.15) is 25.0 Å². The Hall–Kier alpha value is -0.870. The van der Waals surface area contributed by atoms with E-state index in [1.807, 2.05) is 39.8 Å². The molecule has 1 unspecified atom stereocenters. The summed E-state index contributed by atoms with van der Waals surface area (Å²) in [4.78, 5) is 0.460. The van der Waals surface area contributed by atoms with Crippen molar-refractivity contribution in [3.05, 3.63) is 29.3 Å². The Morgan fingerprint density at radius 3 is 2.28 bits per heavy atom. The minimum Gasteiger partial charge on any atom is -0.318 e. The van der Waals surface area contributed by atoms with E-state index in [1.54, 1.807) is 13.1 Å². The number of sulfone groups is 1. The molecule has 0 aromatic heterocycles. The van der Waals surface area contributed by atoms with E-state index < -0.39 is 9.84 Å². The Bertz CT molecular complexity index is 507. The van der Waals surface area contributed by atoms with Crippen LogP contribution in [0.25, 0.3) is 0 Å². The maximum atomic E-state index is 12.7. The summed E-state index contributed by atoms with van der Waals surface area (Å²) >= 11 is 0. The Kier molecular flexibility index (Phi) is 4.93. The predicted molar refractivity (Wildman–Crippen MR) is 75.7 cm³/mol. The van der Waals surface area contributed by atoms with Gasteiger partial charge in [0.15, 0.2) is 9.84 Å². The van der Waals surface area contributed by atoms with Crippen molar-refractivity contribution in [3.8, 4) is 0 Å². The molecule has 0 aliphatic carbocycles. The Labute approximate surface area is 111 Å². The molecule has 1 N–H and O–H groups in total. The van der Waals surface area contributed by atoms with E-state index in [4.69, 9.17) is 0 Å². The number of rotatable bonds is 5. The minimum atomic E-state index is -3.27. The first-order valence-corrected chi connectivity index (χ1v) is 7.81. The highest BCUT2D eigenvalue weighted by molar-refractivity contribution is 7.92. The second-order valence-corrected chi connectivity index (χ2v) is 7.29. The molecule has 0 bridgehead atoms. The number of aryl methyl sites for hydroxylation is 2. The lowest BCUT2D eigenvalue weighted by molar-refractivity contribution is 0.516. The van der Waals surface area contributed by atoms with Crippen LogP contribution in [0.5, 0.6) is 0 Å². The van der Waals surface area contributed by atoms with Crippen LogP contribution < -0.4 is 5.32 Å². The Balaban J connectivity index is 3.26. The average molecular weight is 269 g/mol. The fraction of sp³-hybridized carbons (Fsp3) is 0.571. The fourth-order valence-electron chi connectivity index (χ4n) is 2.19. The summed E-state index contributed by atoms with van der Waals surface area (Å²) in [6.45, 7) is 8.20. The topological polar surface area (TPSA) is 46.2 Å². The van der Waals surface area contributed by atoms with Crippen molar-refractivity contribution in [2.24, 2.45) is 5.92 Å². The van der Waals surface area contributed by atoms with E-state index in [1.165, 1.54) is 0 Å². The first-order valence-electron chi connectivity index (χ1n) is 6.26. The molecule has 1 aromatic carbocycles. The molecule has 0 spiro atoms. The highest BCUT2D eigenvalue weighted by Crippen LogP contribution is 2.24. The van der Waals surface area contributed by atoms with Crippen LogP contribution in [0, 0.1) is 19.8 Å². The number of hydrogen-bond donors (Lipinski definition) is 1. The van der Waals surface area contributed by atoms with Crippen LogP contribution >= 0.6 is 0 Å². The van der Waals surface area contributed by atoms with Gasteiger partial charge in [-0.05, 0) is 38.4 Å². The molecule has 4 heteroatoms. The molecule has 0 amide bonds. The fourth-order valence-corrected chi connectivity index (χ4v) is 4.38. The molecule has 1 atom stereocenters. The zero-order chi connectivity index (χ0) is 13.9. The lowest BCUT2D eigenvalue weighted by Crippen LogP contribution is -2.36. The average Bonchev–Trinajstić information content (AvgIpc) is 2.24. The van der Waals surface area contributed by atoms with Crippen molar-refractivity contribution in [1.29, 1.82) is 0 Å². The van der Waals surface area contributed by atoms with Gasteiger partial charge >= 0.3 is 0 Å². The van der Waals surface area contributed by atoms with E-state index in [9.17, 15) is 8.42 Å². The molecule has 0 saturated carbocycles. The monoisotopic (exact) mass is 269 g/mol. The van der Waals surface area contributed by atoms with Crippen LogP contribution in [-0.2, 0) is 9.84 Å². The molecule has 0 aliphatic heterocycles. The third kappa shape index (κ3) is 3.12. The smallest absolute Gasteiger partial charge is 0.182 e. The molecule has 0 aliphatic rings. The molecule has 0 fully saturated rings. The summed E-state index contributed by atoms with van der Waals surface area (Å²) in [6.07, 6.45) is 0. The minimum absolute atomic E-state index is 0.0863. The number of nitrogens with one attached hydrogen (secondary N) is 1. The van der Waals surface area contributed by atoms with Crippen molar-refractivity contribution < 1.29 is 8.42 Å². The van der Waals surface area contributed by atoms with Crippen molar-refractivity contribution >= 4 is 9.84 Å². The predicted octanol–water partition coefficient (Wildman–Crippen LogP) is 2.32. The number of hydrogen-bond acceptors (Lipinski definition) is 3. The van der Waals surface area contributed by atoms with Gasteiger partial charge in [-0.25, -0.2) is 8.42 Å². The van der Waals surface area contributed by atoms with Crippen LogP contribution in [0.15, 0.2) is 23.1 Å². The lowest BCUT2D eigenvalue weighted by Gasteiger charge is -2.22. The maximum absolute atomic E-state index is 12.7. The van der Waals surface area contributed by atoms with Gasteiger partial charge in [-0.2, -0.15) is 0 Å². The van der Waals surface area contributed by atoms with Crippen molar-refractivity contribution in [1.82, 2.24) is 5.32 Å². The van der Waals surface area contributed by atoms with Gasteiger partial charge in [0.05, 0.1) is 10.1 Å². The van der Waals surface area contributed by atoms with Gasteiger partial charge in [0, 0.05) is 6.54 Å². The highest BCUT2D eigenvalue weighted by Gasteiger charge is 2.30. The molecule has 0 saturated heterocycles. The van der Waals surface area contributed by atoms with Crippen LogP contribution in [0.2, 0.25) is 0 Å². The summed E-state index contributed by atoms with van der Waals surface area (Å²) in [5.74, 6) is 0.0863. The number of benzene rings is 1. The third-order valence-electron chi connectivity index (χ3n) is 3.18. The van der Waals surface area contributed by atoms with E-state index in [0.29, 0.717) is 11.4 Å². The Morgan fingerprint density at radius 2 is 1.83 bits per heavy atom. The van der Waals surface area contributed by atoms with Crippen molar-refractivity contribution in [3.63, 3.8) is 0 Å². The summed E-state index contributed by atoms with van der Waals surface area (Å²) in [6, 6.07) is 5.51. The summed E-state index contributed by atoms with van der Waals surface area (Å²) in [7, 11) is -1.49. The van der Waals surface area contributed by atoms with Crippen LogP contribution in [-0.4, -0.2) is 27.3 Å². The van der Waals surface area contributed by atoms with Gasteiger partial charge in [0.25, 0.3) is 0 Å². The molecule has 1 rings (SSSR count). The zero-order valence-electron chi connectivity index (χ0n) is 11.8. The molecule has 0 radical (unpaired) electrons. The second kappa shape index (κ2) is 5.85. The van der Waals surface area contributed by atoms with Gasteiger partial charge in [-0.3, -0.25) is 0 Å². The maximum Gasteiger partial charge on any atom is 0.182 e. The van der Waals surface area contributed by atoms with E-state index in [0.717, 1.165) is 11.1 Å². The molecular weight excluding hydrogens is 246 g/mol. The van der Waals surface area contributed by atoms with E-state index in [2.05, 4.69) is 5.32 Å². The van der Waals surface area contributed by atoms with Crippen LogP contribution in [0.3, 0.4) is 0 Å². The van der Waals surface area contributed by atoms with Crippen LogP contribution in [0.4, 0.5) is 0 Å². The summed E-state index contributed by atoms with van der Waals surface area (Å²) in [5, 5.41) is 2.59. The quantitative estimate of drug-likeness (QED) is 0.892. The van der Waals surface area contributed by atoms with Crippen molar-refractivity contribution in [2.45, 2.75) is 37.8 Å². The van der Waals surface area contributed by atoms with Gasteiger partial charge in [0.2, 0.25) is 0 Å². The third-order valence-corrected chi connectivity index (χ3v) is 5.76. The molecule has 3 nitrogen and oxygen atoms in total. The summed E-state index contributed by atoms with van der Waals surface area (Å²) < 4.78 is 25.3. The standard InChI is InChI=1S/C14H23NO2S/c1-10(2)14(9-15-5)18(16,17)13-7-6-11(3)8-12(13)4/h6-8,10,14-15H,9H2,1-5H3. The molecule has 102 valence electrons. The van der Waals surface area contributed by atoms with Gasteiger partial charge < -0.3 is 5.32 Å². The normalized spacial score (nSPS) is 13.9. The largest absolute Gasteiger partial charge is 0.318 e. The van der Waals surface area contributed by atoms with Gasteiger partial charge in [0.1, 0.15) is 0 Å². The molecule has 1 aromatic rings. The zero-order valence-corrected chi connectivity index (χ0v) is 12.6. The Morgan fingerprint density at radius 1 is 1.22 bits per heavy atom. The highest BCUT2D eigenvalue weighted by atomic mass is 32.2. The van der Waals surface area contributed by atoms with Gasteiger partial charge in [-0.1, -0.05) is 31.5 Å². The molecule has 0 heterocycles. The first kappa shape index (κ1) is 15.2. The summed E-state index contributed by atoms with van der Waals surface area (Å²) in [5.41, 5.74) is 1.91. The lowest BCUT2D eigenvalue weighted by atomic mass is 10.1. The first-order chi connectivity index (χ1) is 8.30. The molecule has 18 heavy (non-hydrogen) atoms. The van der Waals surface area contributed by atoms with Gasteiger partial charge in [-0.15, -0.1) is 0 Å². The SMILES string of the molecule is CNCC(C(C)C)S(=O)(=O)c1ccc(C)cc1C. The van der Waals surface area contributed by atoms with E-state index in [-0.39, 0.29) is 11.2 Å².